The van der Waals surface area contributed by atoms with Crippen LogP contribution in [0.5, 0.6) is 0 Å². The highest BCUT2D eigenvalue weighted by Gasteiger charge is 2.20. The summed E-state index contributed by atoms with van der Waals surface area (Å²) in [4.78, 5) is 16.1. The van der Waals surface area contributed by atoms with Crippen molar-refractivity contribution in [1.29, 1.82) is 0 Å². The van der Waals surface area contributed by atoms with Crippen molar-refractivity contribution in [2.24, 2.45) is 0 Å². The van der Waals surface area contributed by atoms with Crippen LogP contribution in [0.2, 0.25) is 0 Å². The van der Waals surface area contributed by atoms with Gasteiger partial charge in [0, 0.05) is 11.3 Å². The van der Waals surface area contributed by atoms with E-state index < -0.39 is 0 Å². The van der Waals surface area contributed by atoms with Crippen molar-refractivity contribution in [2.45, 2.75) is 12.8 Å². The average molecular weight is 209 g/mol. The van der Waals surface area contributed by atoms with Gasteiger partial charge in [0.1, 0.15) is 0 Å². The van der Waals surface area contributed by atoms with Crippen LogP contribution in [0.15, 0.2) is 36.4 Å². The molecule has 0 aliphatic heterocycles. The van der Waals surface area contributed by atoms with Crippen molar-refractivity contribution in [2.75, 3.05) is 0 Å². The quantitative estimate of drug-likeness (QED) is 0.667. The Morgan fingerprint density at radius 1 is 1.19 bits per heavy atom. The number of ketones is 1. The van der Waals surface area contributed by atoms with E-state index in [-0.39, 0.29) is 11.7 Å². The second-order valence-electron chi connectivity index (χ2n) is 4.11. The summed E-state index contributed by atoms with van der Waals surface area (Å²) in [6, 6.07) is 10.1. The third-order valence-corrected chi connectivity index (χ3v) is 3.08. The number of fused-ring (bicyclic) bond motifs is 2. The zero-order valence-corrected chi connectivity index (χ0v) is 8.97. The van der Waals surface area contributed by atoms with Gasteiger partial charge in [0.15, 0.2) is 5.78 Å². The molecular weight excluding hydrogens is 198 g/mol. The summed E-state index contributed by atoms with van der Waals surface area (Å²) in [5.74, 6) is 0.0849. The summed E-state index contributed by atoms with van der Waals surface area (Å²) in [6.07, 6.45) is 3.43. The lowest BCUT2D eigenvalue weighted by molar-refractivity contribution is -0.115. The van der Waals surface area contributed by atoms with Gasteiger partial charge in [-0.15, -0.1) is 0 Å². The number of pyridine rings is 1. The summed E-state index contributed by atoms with van der Waals surface area (Å²) in [6.45, 7) is 1.93. The molecule has 1 aliphatic rings. The fourth-order valence-corrected chi connectivity index (χ4v) is 2.09. The molecule has 1 unspecified atom stereocenters. The molecule has 0 saturated heterocycles. The van der Waals surface area contributed by atoms with Crippen LogP contribution >= 0.6 is 0 Å². The molecule has 1 heterocycles. The van der Waals surface area contributed by atoms with Gasteiger partial charge in [-0.1, -0.05) is 25.1 Å². The number of aromatic nitrogens is 1. The molecule has 16 heavy (non-hydrogen) atoms. The summed E-state index contributed by atoms with van der Waals surface area (Å²) in [5, 5.41) is 1.09. The van der Waals surface area contributed by atoms with Crippen molar-refractivity contribution in [3.05, 3.63) is 47.7 Å². The Morgan fingerprint density at radius 2 is 2.00 bits per heavy atom. The van der Waals surface area contributed by atoms with E-state index in [1.54, 1.807) is 6.08 Å². The number of hydrogen-bond donors (Lipinski definition) is 0. The molecule has 1 atom stereocenters. The number of hydrogen-bond acceptors (Lipinski definition) is 2. The summed E-state index contributed by atoms with van der Waals surface area (Å²) < 4.78 is 0. The lowest BCUT2D eigenvalue weighted by Gasteiger charge is -2.16. The molecule has 2 heteroatoms. The Balaban J connectivity index is 2.33. The molecule has 0 saturated carbocycles. The first-order chi connectivity index (χ1) is 7.75. The van der Waals surface area contributed by atoms with Gasteiger partial charge in [-0.3, -0.25) is 4.79 Å². The van der Waals surface area contributed by atoms with Crippen LogP contribution in [0.1, 0.15) is 24.1 Å². The van der Waals surface area contributed by atoms with Gasteiger partial charge in [0.2, 0.25) is 0 Å². The maximum atomic E-state index is 11.6. The molecule has 0 radical (unpaired) electrons. The topological polar surface area (TPSA) is 30.0 Å². The van der Waals surface area contributed by atoms with Crippen LogP contribution in [0.4, 0.5) is 0 Å². The summed E-state index contributed by atoms with van der Waals surface area (Å²) in [5.41, 5.74) is 2.93. The van der Waals surface area contributed by atoms with E-state index in [0.29, 0.717) is 0 Å². The lowest BCUT2D eigenvalue weighted by atomic mass is 9.89. The number of nitrogens with zero attached hydrogens (tertiary/aromatic N) is 1. The number of benzene rings is 1. The van der Waals surface area contributed by atoms with Gasteiger partial charge in [0.05, 0.1) is 11.2 Å². The number of allylic oxidation sites excluding steroid dienone is 1. The zero-order valence-electron chi connectivity index (χ0n) is 8.97. The molecular formula is C14H11NO. The monoisotopic (exact) mass is 209 g/mol. The molecule has 1 aromatic carbocycles. The molecule has 1 aliphatic carbocycles. The van der Waals surface area contributed by atoms with Crippen molar-refractivity contribution in [3.63, 3.8) is 0 Å². The van der Waals surface area contributed by atoms with Gasteiger partial charge >= 0.3 is 0 Å². The maximum absolute atomic E-state index is 11.6. The van der Waals surface area contributed by atoms with Crippen LogP contribution in [0.3, 0.4) is 0 Å². The van der Waals surface area contributed by atoms with Crippen molar-refractivity contribution in [3.8, 4) is 0 Å². The molecule has 0 spiro atoms. The SMILES string of the molecule is CC1C(=O)C=Cc2nc3ccccc3cc21. The predicted molar refractivity (Wildman–Crippen MR) is 64.2 cm³/mol. The molecule has 3 rings (SSSR count). The normalized spacial score (nSPS) is 18.8. The first kappa shape index (κ1) is 9.28. The summed E-state index contributed by atoms with van der Waals surface area (Å²) >= 11 is 0. The fraction of sp³-hybridized carbons (Fsp3) is 0.143. The van der Waals surface area contributed by atoms with Gasteiger partial charge in [0.25, 0.3) is 0 Å². The first-order valence-corrected chi connectivity index (χ1v) is 5.37. The van der Waals surface area contributed by atoms with Crippen LogP contribution in [0.25, 0.3) is 17.0 Å². The van der Waals surface area contributed by atoms with Crippen molar-refractivity contribution < 1.29 is 4.79 Å². The summed E-state index contributed by atoms with van der Waals surface area (Å²) in [7, 11) is 0. The minimum atomic E-state index is -0.0721. The van der Waals surface area contributed by atoms with E-state index in [0.717, 1.165) is 22.2 Å². The Hall–Kier alpha value is -1.96. The van der Waals surface area contributed by atoms with Crippen LogP contribution in [0, 0.1) is 0 Å². The van der Waals surface area contributed by atoms with E-state index in [1.807, 2.05) is 37.3 Å². The van der Waals surface area contributed by atoms with E-state index in [1.165, 1.54) is 0 Å². The Labute approximate surface area is 93.6 Å². The highest BCUT2D eigenvalue weighted by molar-refractivity contribution is 6.02. The number of carbonyl (C=O) groups excluding carboxylic acids is 1. The first-order valence-electron chi connectivity index (χ1n) is 5.37. The Bertz CT molecular complexity index is 613. The van der Waals surface area contributed by atoms with Crippen LogP contribution < -0.4 is 0 Å². The zero-order chi connectivity index (χ0) is 11.1. The third kappa shape index (κ3) is 1.27. The van der Waals surface area contributed by atoms with Crippen molar-refractivity contribution in [1.82, 2.24) is 4.98 Å². The van der Waals surface area contributed by atoms with Gasteiger partial charge < -0.3 is 0 Å². The minimum absolute atomic E-state index is 0.0721. The smallest absolute Gasteiger partial charge is 0.163 e. The molecule has 2 aromatic rings. The van der Waals surface area contributed by atoms with Gasteiger partial charge in [-0.2, -0.15) is 0 Å². The second kappa shape index (κ2) is 3.27. The molecule has 0 N–H and O–H groups in total. The van der Waals surface area contributed by atoms with E-state index >= 15 is 0 Å². The molecule has 0 amide bonds. The van der Waals surface area contributed by atoms with Crippen molar-refractivity contribution >= 4 is 22.8 Å². The van der Waals surface area contributed by atoms with Gasteiger partial charge in [-0.25, -0.2) is 4.98 Å². The Kier molecular flexibility index (Phi) is 1.90. The Morgan fingerprint density at radius 3 is 2.88 bits per heavy atom. The molecule has 1 aromatic heterocycles. The van der Waals surface area contributed by atoms with E-state index in [9.17, 15) is 4.79 Å². The molecule has 2 nitrogen and oxygen atoms in total. The largest absolute Gasteiger partial charge is 0.294 e. The van der Waals surface area contributed by atoms with E-state index in [4.69, 9.17) is 0 Å². The molecule has 78 valence electrons. The fourth-order valence-electron chi connectivity index (χ4n) is 2.09. The highest BCUT2D eigenvalue weighted by atomic mass is 16.1. The van der Waals surface area contributed by atoms with Crippen LogP contribution in [-0.2, 0) is 4.79 Å². The molecule has 0 bridgehead atoms. The predicted octanol–water partition coefficient (Wildman–Crippen LogP) is 2.93. The van der Waals surface area contributed by atoms with Crippen LogP contribution in [-0.4, -0.2) is 10.8 Å². The number of rotatable bonds is 0. The molecule has 0 fully saturated rings. The standard InChI is InChI=1S/C14H11NO/c1-9-11-8-10-4-2-3-5-12(10)15-13(11)6-7-14(9)16/h2-9H,1H3. The number of para-hydroxylation sites is 1. The highest BCUT2D eigenvalue weighted by Crippen LogP contribution is 2.28. The van der Waals surface area contributed by atoms with E-state index in [2.05, 4.69) is 11.1 Å². The second-order valence-corrected chi connectivity index (χ2v) is 4.11. The maximum Gasteiger partial charge on any atom is 0.163 e. The number of carbonyl (C=O) groups is 1. The van der Waals surface area contributed by atoms with Gasteiger partial charge in [-0.05, 0) is 29.8 Å². The lowest BCUT2D eigenvalue weighted by Crippen LogP contribution is -2.12. The minimum Gasteiger partial charge on any atom is -0.294 e. The average Bonchev–Trinajstić information content (AvgIpc) is 2.32. The third-order valence-electron chi connectivity index (χ3n) is 3.08.